The summed E-state index contributed by atoms with van der Waals surface area (Å²) < 4.78 is 1.92. The molecule has 1 aromatic carbocycles. The summed E-state index contributed by atoms with van der Waals surface area (Å²) in [6.45, 7) is 10.5. The lowest BCUT2D eigenvalue weighted by molar-refractivity contribution is -0.884. The molecule has 1 aromatic heterocycles. The van der Waals surface area contributed by atoms with Crippen molar-refractivity contribution < 1.29 is 9.69 Å². The van der Waals surface area contributed by atoms with Crippen molar-refractivity contribution in [3.8, 4) is 0 Å². The van der Waals surface area contributed by atoms with Crippen LogP contribution in [-0.2, 0) is 6.54 Å². The third-order valence-electron chi connectivity index (χ3n) is 4.94. The average molecular weight is 342 g/mol. The minimum Gasteiger partial charge on any atom is -0.335 e. The second-order valence-electron chi connectivity index (χ2n) is 7.07. The highest BCUT2D eigenvalue weighted by Crippen LogP contribution is 2.15. The third-order valence-corrected chi connectivity index (χ3v) is 4.94. The highest BCUT2D eigenvalue weighted by molar-refractivity contribution is 5.96. The van der Waals surface area contributed by atoms with Crippen molar-refractivity contribution in [1.29, 1.82) is 0 Å². The summed E-state index contributed by atoms with van der Waals surface area (Å²) in [6, 6.07) is 8.42. The fraction of sp³-hybridized carbons (Fsp3) is 0.474. The fourth-order valence-corrected chi connectivity index (χ4v) is 3.25. The molecule has 1 amide bonds. The van der Waals surface area contributed by atoms with Crippen molar-refractivity contribution in [2.75, 3.05) is 33.2 Å². The van der Waals surface area contributed by atoms with Gasteiger partial charge in [0.2, 0.25) is 0 Å². The maximum Gasteiger partial charge on any atom is 0.269 e. The van der Waals surface area contributed by atoms with Gasteiger partial charge in [-0.2, -0.15) is 5.10 Å². The number of piperazine rings is 1. The van der Waals surface area contributed by atoms with E-state index in [1.807, 2.05) is 23.5 Å². The van der Waals surface area contributed by atoms with E-state index in [0.29, 0.717) is 12.1 Å². The number of rotatable bonds is 4. The van der Waals surface area contributed by atoms with Crippen molar-refractivity contribution >= 4 is 5.91 Å². The third kappa shape index (κ3) is 4.08. The quantitative estimate of drug-likeness (QED) is 0.842. The first kappa shape index (κ1) is 17.6. The van der Waals surface area contributed by atoms with Crippen LogP contribution in [0.4, 0.5) is 0 Å². The monoisotopic (exact) mass is 342 g/mol. The second kappa shape index (κ2) is 7.37. The molecular formula is C19H28N5O+. The number of amides is 1. The lowest BCUT2D eigenvalue weighted by atomic mass is 10.1. The highest BCUT2D eigenvalue weighted by atomic mass is 16.2. The van der Waals surface area contributed by atoms with Crippen LogP contribution in [0.3, 0.4) is 0 Å². The van der Waals surface area contributed by atoms with Crippen LogP contribution >= 0.6 is 0 Å². The van der Waals surface area contributed by atoms with Gasteiger partial charge in [-0.25, -0.2) is 5.01 Å². The molecule has 0 bridgehead atoms. The van der Waals surface area contributed by atoms with Crippen LogP contribution in [0.25, 0.3) is 0 Å². The molecule has 1 aliphatic rings. The minimum atomic E-state index is -0.0512. The molecule has 0 radical (unpaired) electrons. The molecule has 1 fully saturated rings. The van der Waals surface area contributed by atoms with Crippen LogP contribution in [0.1, 0.15) is 32.9 Å². The van der Waals surface area contributed by atoms with E-state index >= 15 is 0 Å². The Labute approximate surface area is 149 Å². The summed E-state index contributed by atoms with van der Waals surface area (Å²) in [5.41, 5.74) is 7.86. The van der Waals surface area contributed by atoms with E-state index < -0.39 is 0 Å². The summed E-state index contributed by atoms with van der Waals surface area (Å²) in [4.78, 5) is 14.2. The summed E-state index contributed by atoms with van der Waals surface area (Å²) in [5, 5.41) is 6.61. The van der Waals surface area contributed by atoms with Gasteiger partial charge in [-0.1, -0.05) is 29.8 Å². The number of nitrogens with zero attached hydrogens (tertiary/aromatic N) is 3. The van der Waals surface area contributed by atoms with Crippen LogP contribution in [0.15, 0.2) is 24.3 Å². The number of aromatic nitrogens is 2. The molecule has 0 saturated carbocycles. The highest BCUT2D eigenvalue weighted by Gasteiger charge is 2.23. The molecular weight excluding hydrogens is 314 g/mol. The standard InChI is InChI=1S/C19H27N5O/c1-14-5-7-17(8-6-14)13-24-16(3)18(15(2)20-24)19(25)21-23-11-9-22(4)10-12-23/h5-8H,9-13H2,1-4H3,(H,21,25)/p+1. The maximum atomic E-state index is 12.7. The zero-order valence-electron chi connectivity index (χ0n) is 15.6. The van der Waals surface area contributed by atoms with E-state index in [1.54, 1.807) is 0 Å². The van der Waals surface area contributed by atoms with E-state index in [9.17, 15) is 4.79 Å². The number of hydrogen-bond donors (Lipinski definition) is 2. The molecule has 2 heterocycles. The van der Waals surface area contributed by atoms with Gasteiger partial charge in [0, 0.05) is 5.69 Å². The molecule has 0 atom stereocenters. The number of carbonyl (C=O) groups excluding carboxylic acids is 1. The zero-order valence-corrected chi connectivity index (χ0v) is 15.6. The van der Waals surface area contributed by atoms with Gasteiger partial charge in [0.25, 0.3) is 5.91 Å². The Hall–Kier alpha value is -2.18. The smallest absolute Gasteiger partial charge is 0.269 e. The van der Waals surface area contributed by atoms with Gasteiger partial charge in [-0.3, -0.25) is 14.9 Å². The van der Waals surface area contributed by atoms with E-state index in [-0.39, 0.29) is 5.91 Å². The van der Waals surface area contributed by atoms with Gasteiger partial charge >= 0.3 is 0 Å². The Morgan fingerprint density at radius 1 is 1.16 bits per heavy atom. The lowest BCUT2D eigenvalue weighted by Crippen LogP contribution is -3.12. The first-order valence-electron chi connectivity index (χ1n) is 8.91. The topological polar surface area (TPSA) is 54.6 Å². The summed E-state index contributed by atoms with van der Waals surface area (Å²) in [7, 11) is 2.18. The number of nitrogens with one attached hydrogen (secondary N) is 2. The Bertz CT molecular complexity index is 742. The molecule has 6 heteroatoms. The van der Waals surface area contributed by atoms with Gasteiger partial charge in [0.1, 0.15) is 0 Å². The zero-order chi connectivity index (χ0) is 18.0. The molecule has 1 aliphatic heterocycles. The van der Waals surface area contributed by atoms with Crippen LogP contribution in [0, 0.1) is 20.8 Å². The molecule has 2 aromatic rings. The van der Waals surface area contributed by atoms with Crippen molar-refractivity contribution in [3.05, 3.63) is 52.3 Å². The molecule has 0 unspecified atom stereocenters. The Balaban J connectivity index is 1.72. The number of hydrogen-bond acceptors (Lipinski definition) is 3. The molecule has 25 heavy (non-hydrogen) atoms. The van der Waals surface area contributed by atoms with E-state index in [0.717, 1.165) is 37.6 Å². The number of carbonyl (C=O) groups is 1. The first-order valence-corrected chi connectivity index (χ1v) is 8.91. The summed E-state index contributed by atoms with van der Waals surface area (Å²) in [6.07, 6.45) is 0. The summed E-state index contributed by atoms with van der Waals surface area (Å²) in [5.74, 6) is -0.0512. The molecule has 134 valence electrons. The van der Waals surface area contributed by atoms with Crippen molar-refractivity contribution in [1.82, 2.24) is 20.2 Å². The SMILES string of the molecule is Cc1ccc(Cn2nc(C)c(C(=O)NN3CC[NH+](C)CC3)c2C)cc1. The van der Waals surface area contributed by atoms with Crippen molar-refractivity contribution in [2.45, 2.75) is 27.3 Å². The average Bonchev–Trinajstić information content (AvgIpc) is 2.85. The Kier molecular flexibility index (Phi) is 5.20. The van der Waals surface area contributed by atoms with Crippen LogP contribution in [-0.4, -0.2) is 53.9 Å². The van der Waals surface area contributed by atoms with Gasteiger partial charge in [0.05, 0.1) is 51.0 Å². The first-order chi connectivity index (χ1) is 11.9. The maximum absolute atomic E-state index is 12.7. The van der Waals surface area contributed by atoms with E-state index in [1.165, 1.54) is 16.0 Å². The lowest BCUT2D eigenvalue weighted by Gasteiger charge is -2.30. The Morgan fingerprint density at radius 3 is 2.44 bits per heavy atom. The predicted octanol–water partition coefficient (Wildman–Crippen LogP) is 0.332. The number of benzene rings is 1. The van der Waals surface area contributed by atoms with Crippen LogP contribution in [0.5, 0.6) is 0 Å². The van der Waals surface area contributed by atoms with Crippen LogP contribution in [0.2, 0.25) is 0 Å². The number of aryl methyl sites for hydroxylation is 2. The number of hydrazine groups is 1. The molecule has 6 nitrogen and oxygen atoms in total. The molecule has 2 N–H and O–H groups in total. The molecule has 1 saturated heterocycles. The van der Waals surface area contributed by atoms with Gasteiger partial charge in [-0.15, -0.1) is 0 Å². The molecule has 0 spiro atoms. The van der Waals surface area contributed by atoms with E-state index in [2.05, 4.69) is 48.8 Å². The second-order valence-corrected chi connectivity index (χ2v) is 7.07. The largest absolute Gasteiger partial charge is 0.335 e. The van der Waals surface area contributed by atoms with Gasteiger partial charge < -0.3 is 4.90 Å². The predicted molar refractivity (Wildman–Crippen MR) is 97.6 cm³/mol. The van der Waals surface area contributed by atoms with Gasteiger partial charge in [-0.05, 0) is 26.3 Å². The summed E-state index contributed by atoms with van der Waals surface area (Å²) >= 11 is 0. The number of quaternary nitrogens is 1. The molecule has 3 rings (SSSR count). The normalized spacial score (nSPS) is 16.2. The van der Waals surface area contributed by atoms with E-state index in [4.69, 9.17) is 0 Å². The van der Waals surface area contributed by atoms with Crippen molar-refractivity contribution in [3.63, 3.8) is 0 Å². The van der Waals surface area contributed by atoms with Gasteiger partial charge in [0.15, 0.2) is 0 Å². The Morgan fingerprint density at radius 2 is 1.80 bits per heavy atom. The fourth-order valence-electron chi connectivity index (χ4n) is 3.25. The van der Waals surface area contributed by atoms with Crippen LogP contribution < -0.4 is 10.3 Å². The van der Waals surface area contributed by atoms with Crippen molar-refractivity contribution in [2.24, 2.45) is 0 Å². The number of likely N-dealkylation sites (N-methyl/N-ethyl adjacent to an activating group) is 1. The molecule has 0 aliphatic carbocycles. The minimum absolute atomic E-state index is 0.0512.